The average Bonchev–Trinajstić information content (AvgIpc) is 2.93. The number of ether oxygens (including phenoxy) is 2. The van der Waals surface area contributed by atoms with E-state index in [0.29, 0.717) is 12.8 Å². The minimum Gasteiger partial charge on any atom is -0.462 e. The molecule has 0 unspecified atom stereocenters. The maximum atomic E-state index is 12.0. The van der Waals surface area contributed by atoms with E-state index in [1.807, 2.05) is 0 Å². The van der Waals surface area contributed by atoms with Gasteiger partial charge in [0, 0.05) is 12.8 Å². The van der Waals surface area contributed by atoms with Crippen molar-refractivity contribution in [2.45, 2.75) is 194 Å². The molecule has 0 saturated carbocycles. The van der Waals surface area contributed by atoms with Gasteiger partial charge in [0.05, 0.1) is 6.61 Å². The molecule has 0 bridgehead atoms. The van der Waals surface area contributed by atoms with Gasteiger partial charge < -0.3 is 14.6 Å². The van der Waals surface area contributed by atoms with Gasteiger partial charge in [0.25, 0.3) is 0 Å². The lowest BCUT2D eigenvalue weighted by Gasteiger charge is -2.15. The maximum Gasteiger partial charge on any atom is 0.306 e. The third kappa shape index (κ3) is 29.9. The Bertz CT molecular complexity index is 548. The van der Waals surface area contributed by atoms with E-state index in [2.05, 4.69) is 20.8 Å². The van der Waals surface area contributed by atoms with Crippen molar-refractivity contribution in [3.05, 3.63) is 0 Å². The van der Waals surface area contributed by atoms with Crippen LogP contribution >= 0.6 is 0 Å². The summed E-state index contributed by atoms with van der Waals surface area (Å²) >= 11 is 0. The van der Waals surface area contributed by atoms with Crippen molar-refractivity contribution in [1.29, 1.82) is 0 Å². The SMILES string of the molecule is CCCCCCCCCC(=O)O[C@@H](CO)COC(=O)CCCCCCCCCCCCCCCCCCC(C)C. The van der Waals surface area contributed by atoms with Gasteiger partial charge in [-0.25, -0.2) is 0 Å². The predicted octanol–water partition coefficient (Wildman–Crippen LogP) is 10.3. The number of carbonyl (C=O) groups is 2. The molecule has 0 aromatic carbocycles. The molecule has 0 aromatic heterocycles. The van der Waals surface area contributed by atoms with Crippen molar-refractivity contribution in [3.8, 4) is 0 Å². The number of hydrogen-bond acceptors (Lipinski definition) is 5. The first-order chi connectivity index (χ1) is 19.5. The monoisotopic (exact) mass is 569 g/mol. The first-order valence-corrected chi connectivity index (χ1v) is 17.5. The third-order valence-corrected chi connectivity index (χ3v) is 7.83. The van der Waals surface area contributed by atoms with E-state index in [1.54, 1.807) is 0 Å². The molecule has 5 heteroatoms. The second-order valence-corrected chi connectivity index (χ2v) is 12.4. The zero-order valence-corrected chi connectivity index (χ0v) is 27.0. The molecule has 0 rings (SSSR count). The van der Waals surface area contributed by atoms with Crippen molar-refractivity contribution >= 4 is 11.9 Å². The number of unbranched alkanes of at least 4 members (excludes halogenated alkanes) is 21. The van der Waals surface area contributed by atoms with Crippen molar-refractivity contribution in [1.82, 2.24) is 0 Å². The summed E-state index contributed by atoms with van der Waals surface area (Å²) in [6, 6.07) is 0. The summed E-state index contributed by atoms with van der Waals surface area (Å²) in [7, 11) is 0. The Hall–Kier alpha value is -1.10. The standard InChI is InChI=1S/C35H68O5/c1-4-5-6-7-18-23-26-29-35(38)40-33(30-36)31-39-34(37)28-25-22-20-17-15-13-11-9-8-10-12-14-16-19-21-24-27-32(2)3/h32-33,36H,4-31H2,1-3H3/t33-/m0/s1. The van der Waals surface area contributed by atoms with Crippen LogP contribution in [0.1, 0.15) is 188 Å². The molecule has 40 heavy (non-hydrogen) atoms. The third-order valence-electron chi connectivity index (χ3n) is 7.83. The molecule has 0 fully saturated rings. The van der Waals surface area contributed by atoms with Gasteiger partial charge in [-0.2, -0.15) is 0 Å². The van der Waals surface area contributed by atoms with Crippen LogP contribution in [0.3, 0.4) is 0 Å². The highest BCUT2D eigenvalue weighted by atomic mass is 16.6. The van der Waals surface area contributed by atoms with Gasteiger partial charge in [0.2, 0.25) is 0 Å². The van der Waals surface area contributed by atoms with Crippen LogP contribution in [-0.4, -0.2) is 36.4 Å². The molecule has 0 aromatic rings. The smallest absolute Gasteiger partial charge is 0.306 e. The van der Waals surface area contributed by atoms with E-state index in [4.69, 9.17) is 9.47 Å². The summed E-state index contributed by atoms with van der Waals surface area (Å²) in [4.78, 5) is 24.0. The number of esters is 2. The largest absolute Gasteiger partial charge is 0.462 e. The van der Waals surface area contributed by atoms with Gasteiger partial charge in [0.15, 0.2) is 6.10 Å². The number of carbonyl (C=O) groups excluding carboxylic acids is 2. The van der Waals surface area contributed by atoms with Crippen LogP contribution in [0.15, 0.2) is 0 Å². The molecular weight excluding hydrogens is 500 g/mol. The first kappa shape index (κ1) is 38.9. The molecule has 0 saturated heterocycles. The molecular formula is C35H68O5. The highest BCUT2D eigenvalue weighted by Crippen LogP contribution is 2.15. The van der Waals surface area contributed by atoms with Gasteiger partial charge >= 0.3 is 11.9 Å². The second kappa shape index (κ2) is 30.8. The molecule has 0 heterocycles. The number of aliphatic hydroxyl groups is 1. The van der Waals surface area contributed by atoms with Gasteiger partial charge in [-0.1, -0.05) is 162 Å². The van der Waals surface area contributed by atoms with E-state index >= 15 is 0 Å². The Morgan fingerprint density at radius 1 is 0.550 bits per heavy atom. The van der Waals surface area contributed by atoms with Crippen LogP contribution in [0.25, 0.3) is 0 Å². The normalized spacial score (nSPS) is 12.1. The number of aliphatic hydroxyl groups excluding tert-OH is 1. The van der Waals surface area contributed by atoms with Gasteiger partial charge in [-0.3, -0.25) is 9.59 Å². The summed E-state index contributed by atoms with van der Waals surface area (Å²) in [6.07, 6.45) is 30.3. The summed E-state index contributed by atoms with van der Waals surface area (Å²) in [5.41, 5.74) is 0. The fraction of sp³-hybridized carbons (Fsp3) is 0.943. The van der Waals surface area contributed by atoms with Crippen molar-refractivity contribution in [2.75, 3.05) is 13.2 Å². The predicted molar refractivity (Wildman–Crippen MR) is 168 cm³/mol. The molecule has 1 N–H and O–H groups in total. The Labute approximate surface area is 248 Å². The number of hydrogen-bond donors (Lipinski definition) is 1. The Morgan fingerprint density at radius 3 is 1.32 bits per heavy atom. The van der Waals surface area contributed by atoms with Crippen molar-refractivity contribution < 1.29 is 24.2 Å². The molecule has 0 amide bonds. The van der Waals surface area contributed by atoms with E-state index in [-0.39, 0.29) is 25.2 Å². The molecule has 0 aliphatic rings. The first-order valence-electron chi connectivity index (χ1n) is 17.5. The number of rotatable bonds is 31. The molecule has 1 atom stereocenters. The summed E-state index contributed by atoms with van der Waals surface area (Å²) in [6.45, 7) is 6.46. The van der Waals surface area contributed by atoms with Crippen LogP contribution in [-0.2, 0) is 19.1 Å². The molecule has 0 aliphatic carbocycles. The lowest BCUT2D eigenvalue weighted by molar-refractivity contribution is -0.161. The van der Waals surface area contributed by atoms with Gasteiger partial charge in [-0.15, -0.1) is 0 Å². The molecule has 0 radical (unpaired) electrons. The Balaban J connectivity index is 3.45. The van der Waals surface area contributed by atoms with Crippen molar-refractivity contribution in [2.24, 2.45) is 5.92 Å². The lowest BCUT2D eigenvalue weighted by atomic mass is 10.0. The van der Waals surface area contributed by atoms with E-state index in [0.717, 1.165) is 38.0 Å². The maximum absolute atomic E-state index is 12.0. The molecule has 5 nitrogen and oxygen atoms in total. The van der Waals surface area contributed by atoms with E-state index in [9.17, 15) is 14.7 Å². The minimum atomic E-state index is -0.759. The zero-order chi connectivity index (χ0) is 29.5. The highest BCUT2D eigenvalue weighted by Gasteiger charge is 2.16. The highest BCUT2D eigenvalue weighted by molar-refractivity contribution is 5.70. The molecule has 0 spiro atoms. The second-order valence-electron chi connectivity index (χ2n) is 12.4. The minimum absolute atomic E-state index is 0.0590. The molecule has 0 aliphatic heterocycles. The van der Waals surface area contributed by atoms with Crippen LogP contribution in [0.4, 0.5) is 0 Å². The van der Waals surface area contributed by atoms with Crippen LogP contribution in [0, 0.1) is 5.92 Å². The Kier molecular flexibility index (Phi) is 30.0. The van der Waals surface area contributed by atoms with Gasteiger partial charge in [-0.05, 0) is 18.8 Å². The van der Waals surface area contributed by atoms with Crippen LogP contribution in [0.5, 0.6) is 0 Å². The quantitative estimate of drug-likeness (QED) is 0.0665. The van der Waals surface area contributed by atoms with Crippen LogP contribution < -0.4 is 0 Å². The summed E-state index contributed by atoms with van der Waals surface area (Å²) < 4.78 is 10.5. The van der Waals surface area contributed by atoms with Gasteiger partial charge in [0.1, 0.15) is 6.61 Å². The lowest BCUT2D eigenvalue weighted by Crippen LogP contribution is -2.28. The fourth-order valence-electron chi connectivity index (χ4n) is 5.15. The summed E-state index contributed by atoms with van der Waals surface area (Å²) in [5, 5.41) is 9.46. The fourth-order valence-corrected chi connectivity index (χ4v) is 5.15. The average molecular weight is 569 g/mol. The Morgan fingerprint density at radius 2 is 0.925 bits per heavy atom. The van der Waals surface area contributed by atoms with Crippen molar-refractivity contribution in [3.63, 3.8) is 0 Å². The van der Waals surface area contributed by atoms with E-state index < -0.39 is 6.10 Å². The molecule has 238 valence electrons. The van der Waals surface area contributed by atoms with E-state index in [1.165, 1.54) is 122 Å². The zero-order valence-electron chi connectivity index (χ0n) is 27.0. The topological polar surface area (TPSA) is 72.8 Å². The van der Waals surface area contributed by atoms with Crippen LogP contribution in [0.2, 0.25) is 0 Å². The summed E-state index contributed by atoms with van der Waals surface area (Å²) in [5.74, 6) is 0.271.